The Hall–Kier alpha value is -1.28. The van der Waals surface area contributed by atoms with Crippen molar-refractivity contribution in [3.63, 3.8) is 0 Å². The number of ether oxygens (including phenoxy) is 1. The average molecular weight is 261 g/mol. The second-order valence-corrected chi connectivity index (χ2v) is 4.70. The summed E-state index contributed by atoms with van der Waals surface area (Å²) in [5.74, 6) is 0.966. The number of allylic oxidation sites excluding steroid dienone is 1. The van der Waals surface area contributed by atoms with Crippen molar-refractivity contribution in [3.05, 3.63) is 35.9 Å². The topological polar surface area (TPSA) is 21.3 Å². The van der Waals surface area contributed by atoms with Crippen LogP contribution in [0.3, 0.4) is 0 Å². The average Bonchev–Trinajstić information content (AvgIpc) is 2.44. The third-order valence-corrected chi connectivity index (χ3v) is 3.01. The van der Waals surface area contributed by atoms with Gasteiger partial charge in [0.25, 0.3) is 0 Å². The highest BCUT2D eigenvalue weighted by atomic mass is 16.5. The number of benzene rings is 1. The highest BCUT2D eigenvalue weighted by Gasteiger charge is 1.98. The second-order valence-electron chi connectivity index (χ2n) is 4.70. The van der Waals surface area contributed by atoms with Gasteiger partial charge in [0.1, 0.15) is 12.4 Å². The fourth-order valence-corrected chi connectivity index (χ4v) is 1.96. The summed E-state index contributed by atoms with van der Waals surface area (Å²) in [6.07, 6.45) is 9.35. The van der Waals surface area contributed by atoms with Gasteiger partial charge in [-0.2, -0.15) is 0 Å². The van der Waals surface area contributed by atoms with Crippen molar-refractivity contribution in [3.8, 4) is 5.75 Å². The van der Waals surface area contributed by atoms with Crippen molar-refractivity contribution >= 4 is 6.08 Å². The van der Waals surface area contributed by atoms with Crippen molar-refractivity contribution in [2.24, 2.45) is 0 Å². The number of hydrogen-bond donors (Lipinski definition) is 1. The van der Waals surface area contributed by atoms with Crippen LogP contribution in [0.15, 0.2) is 30.3 Å². The Labute approximate surface area is 117 Å². The summed E-state index contributed by atoms with van der Waals surface area (Å²) in [7, 11) is 0. The maximum atomic E-state index is 5.80. The van der Waals surface area contributed by atoms with E-state index in [1.54, 1.807) is 0 Å². The Morgan fingerprint density at radius 2 is 1.95 bits per heavy atom. The molecule has 0 saturated heterocycles. The normalized spacial score (nSPS) is 11.1. The molecule has 0 aliphatic rings. The Morgan fingerprint density at radius 3 is 2.74 bits per heavy atom. The minimum atomic E-state index is 0.725. The van der Waals surface area contributed by atoms with Gasteiger partial charge in [-0.3, -0.25) is 0 Å². The summed E-state index contributed by atoms with van der Waals surface area (Å²) in [6.45, 7) is 7.00. The minimum absolute atomic E-state index is 0.725. The zero-order chi connectivity index (χ0) is 13.8. The van der Waals surface area contributed by atoms with E-state index in [0.29, 0.717) is 0 Å². The number of hydrogen-bond acceptors (Lipinski definition) is 2. The summed E-state index contributed by atoms with van der Waals surface area (Å²) in [6, 6.07) is 8.15. The first-order chi connectivity index (χ1) is 9.38. The van der Waals surface area contributed by atoms with Crippen molar-refractivity contribution in [1.82, 2.24) is 5.32 Å². The molecule has 19 heavy (non-hydrogen) atoms. The molecule has 0 aliphatic carbocycles. The molecule has 1 N–H and O–H groups in total. The van der Waals surface area contributed by atoms with Gasteiger partial charge in [-0.05, 0) is 26.0 Å². The van der Waals surface area contributed by atoms with E-state index in [1.807, 2.05) is 31.2 Å². The first-order valence-corrected chi connectivity index (χ1v) is 7.43. The standard InChI is InChI=1S/C17H27NO/c1-3-5-6-9-13-18-14-15-19-17-12-8-7-11-16(17)10-4-2/h4,7-8,10-12,18H,3,5-6,9,13-15H2,1-2H3. The predicted molar refractivity (Wildman–Crippen MR) is 83.7 cm³/mol. The molecular weight excluding hydrogens is 234 g/mol. The Kier molecular flexibility index (Phi) is 8.82. The molecule has 0 heterocycles. The summed E-state index contributed by atoms with van der Waals surface area (Å²) in [5, 5.41) is 3.42. The number of rotatable bonds is 10. The summed E-state index contributed by atoms with van der Waals surface area (Å²) < 4.78 is 5.80. The molecular formula is C17H27NO. The van der Waals surface area contributed by atoms with Crippen LogP contribution >= 0.6 is 0 Å². The lowest BCUT2D eigenvalue weighted by molar-refractivity contribution is 0.313. The largest absolute Gasteiger partial charge is 0.492 e. The number of para-hydroxylation sites is 1. The van der Waals surface area contributed by atoms with Gasteiger partial charge in [0.2, 0.25) is 0 Å². The fourth-order valence-electron chi connectivity index (χ4n) is 1.96. The van der Waals surface area contributed by atoms with Gasteiger partial charge in [0.15, 0.2) is 0 Å². The molecule has 0 atom stereocenters. The summed E-state index contributed by atoms with van der Waals surface area (Å²) in [4.78, 5) is 0. The molecule has 0 spiro atoms. The van der Waals surface area contributed by atoms with Crippen molar-refractivity contribution < 1.29 is 4.74 Å². The van der Waals surface area contributed by atoms with Crippen LogP contribution in [0.5, 0.6) is 5.75 Å². The van der Waals surface area contributed by atoms with Crippen LogP contribution in [-0.4, -0.2) is 19.7 Å². The lowest BCUT2D eigenvalue weighted by Gasteiger charge is -2.10. The molecule has 1 rings (SSSR count). The Bertz CT molecular complexity index is 360. The fraction of sp³-hybridized carbons (Fsp3) is 0.529. The lowest BCUT2D eigenvalue weighted by atomic mass is 10.2. The Balaban J connectivity index is 2.15. The predicted octanol–water partition coefficient (Wildman–Crippen LogP) is 4.27. The van der Waals surface area contributed by atoms with Gasteiger partial charge in [-0.1, -0.05) is 56.5 Å². The minimum Gasteiger partial charge on any atom is -0.492 e. The van der Waals surface area contributed by atoms with Crippen LogP contribution in [-0.2, 0) is 0 Å². The maximum absolute atomic E-state index is 5.80. The zero-order valence-corrected chi connectivity index (χ0v) is 12.3. The van der Waals surface area contributed by atoms with Gasteiger partial charge < -0.3 is 10.1 Å². The van der Waals surface area contributed by atoms with E-state index in [-0.39, 0.29) is 0 Å². The van der Waals surface area contributed by atoms with Crippen molar-refractivity contribution in [2.75, 3.05) is 19.7 Å². The van der Waals surface area contributed by atoms with Gasteiger partial charge in [-0.15, -0.1) is 0 Å². The van der Waals surface area contributed by atoms with Crippen molar-refractivity contribution in [2.45, 2.75) is 39.5 Å². The summed E-state index contributed by atoms with van der Waals surface area (Å²) >= 11 is 0. The van der Waals surface area contributed by atoms with E-state index < -0.39 is 0 Å². The van der Waals surface area contributed by atoms with Crippen LogP contribution in [0.1, 0.15) is 45.1 Å². The molecule has 0 fully saturated rings. The molecule has 0 amide bonds. The molecule has 2 heteroatoms. The first kappa shape index (κ1) is 15.8. The van der Waals surface area contributed by atoms with E-state index in [1.165, 1.54) is 25.7 Å². The van der Waals surface area contributed by atoms with Crippen LogP contribution in [0.2, 0.25) is 0 Å². The van der Waals surface area contributed by atoms with Gasteiger partial charge in [-0.25, -0.2) is 0 Å². The third kappa shape index (κ3) is 7.02. The number of unbranched alkanes of at least 4 members (excludes halogenated alkanes) is 3. The van der Waals surface area contributed by atoms with Crippen LogP contribution < -0.4 is 10.1 Å². The van der Waals surface area contributed by atoms with E-state index >= 15 is 0 Å². The molecule has 106 valence electrons. The van der Waals surface area contributed by atoms with Crippen LogP contribution in [0.25, 0.3) is 6.08 Å². The molecule has 1 aromatic carbocycles. The quantitative estimate of drug-likeness (QED) is 0.635. The van der Waals surface area contributed by atoms with Gasteiger partial charge in [0.05, 0.1) is 0 Å². The van der Waals surface area contributed by atoms with E-state index in [9.17, 15) is 0 Å². The maximum Gasteiger partial charge on any atom is 0.126 e. The van der Waals surface area contributed by atoms with Crippen molar-refractivity contribution in [1.29, 1.82) is 0 Å². The van der Waals surface area contributed by atoms with E-state index in [4.69, 9.17) is 4.74 Å². The molecule has 1 aromatic rings. The first-order valence-electron chi connectivity index (χ1n) is 7.43. The second kappa shape index (κ2) is 10.6. The lowest BCUT2D eigenvalue weighted by Crippen LogP contribution is -2.22. The SMILES string of the molecule is CC=Cc1ccccc1OCCNCCCCCC. The molecule has 0 aromatic heterocycles. The molecule has 0 saturated carbocycles. The van der Waals surface area contributed by atoms with E-state index in [0.717, 1.165) is 31.0 Å². The smallest absolute Gasteiger partial charge is 0.126 e. The molecule has 0 bridgehead atoms. The zero-order valence-electron chi connectivity index (χ0n) is 12.3. The highest BCUT2D eigenvalue weighted by Crippen LogP contribution is 2.19. The van der Waals surface area contributed by atoms with Crippen LogP contribution in [0.4, 0.5) is 0 Å². The third-order valence-electron chi connectivity index (χ3n) is 3.01. The molecule has 2 nitrogen and oxygen atoms in total. The van der Waals surface area contributed by atoms with Gasteiger partial charge in [0, 0.05) is 12.1 Å². The van der Waals surface area contributed by atoms with Crippen LogP contribution in [0, 0.1) is 0 Å². The molecule has 0 aliphatic heterocycles. The monoisotopic (exact) mass is 261 g/mol. The molecule has 0 radical (unpaired) electrons. The Morgan fingerprint density at radius 1 is 1.11 bits per heavy atom. The molecule has 0 unspecified atom stereocenters. The number of nitrogens with one attached hydrogen (secondary N) is 1. The highest BCUT2D eigenvalue weighted by molar-refractivity contribution is 5.56. The summed E-state index contributed by atoms with van der Waals surface area (Å²) in [5.41, 5.74) is 1.15. The van der Waals surface area contributed by atoms with Gasteiger partial charge >= 0.3 is 0 Å². The van der Waals surface area contributed by atoms with E-state index in [2.05, 4.69) is 24.4 Å².